The SMILES string of the molecule is CCOc1cccc(CN2CCC(C(=O)Nc3ccc4c(c3)c3ccccc3n4CC)CC2)c1. The monoisotopic (exact) mass is 455 g/mol. The van der Waals surface area contributed by atoms with Crippen molar-refractivity contribution in [2.75, 3.05) is 25.0 Å². The van der Waals surface area contributed by atoms with Gasteiger partial charge in [0.05, 0.1) is 6.61 Å². The van der Waals surface area contributed by atoms with Crippen LogP contribution in [0.2, 0.25) is 0 Å². The molecule has 1 aliphatic heterocycles. The fourth-order valence-electron chi connectivity index (χ4n) is 5.23. The van der Waals surface area contributed by atoms with Crippen LogP contribution in [0.5, 0.6) is 5.75 Å². The van der Waals surface area contributed by atoms with Gasteiger partial charge in [-0.15, -0.1) is 0 Å². The summed E-state index contributed by atoms with van der Waals surface area (Å²) in [5.74, 6) is 1.11. The number of carbonyl (C=O) groups is 1. The maximum Gasteiger partial charge on any atom is 0.227 e. The largest absolute Gasteiger partial charge is 0.494 e. The highest BCUT2D eigenvalue weighted by atomic mass is 16.5. The van der Waals surface area contributed by atoms with E-state index in [1.165, 1.54) is 27.4 Å². The minimum Gasteiger partial charge on any atom is -0.494 e. The number of ether oxygens (including phenoxy) is 1. The standard InChI is InChI=1S/C29H33N3O2/c1-3-32-27-11-6-5-10-25(27)26-19-23(12-13-28(26)32)30-29(33)22-14-16-31(17-15-22)20-21-8-7-9-24(18-21)34-4-2/h5-13,18-19,22H,3-4,14-17,20H2,1-2H3,(H,30,33). The van der Waals surface area contributed by atoms with Crippen molar-refractivity contribution in [2.24, 2.45) is 5.92 Å². The Morgan fingerprint density at radius 2 is 1.74 bits per heavy atom. The van der Waals surface area contributed by atoms with Gasteiger partial charge in [-0.2, -0.15) is 0 Å². The third-order valence-corrected chi connectivity index (χ3v) is 6.93. The summed E-state index contributed by atoms with van der Waals surface area (Å²) in [7, 11) is 0. The van der Waals surface area contributed by atoms with Crippen molar-refractivity contribution in [3.63, 3.8) is 0 Å². The highest BCUT2D eigenvalue weighted by Crippen LogP contribution is 2.31. The number of carbonyl (C=O) groups excluding carboxylic acids is 1. The summed E-state index contributed by atoms with van der Waals surface area (Å²) in [5, 5.41) is 5.63. The van der Waals surface area contributed by atoms with Crippen molar-refractivity contribution >= 4 is 33.4 Å². The summed E-state index contributed by atoms with van der Waals surface area (Å²) in [5.41, 5.74) is 4.59. The van der Waals surface area contributed by atoms with E-state index in [0.29, 0.717) is 6.61 Å². The number of hydrogen-bond acceptors (Lipinski definition) is 3. The van der Waals surface area contributed by atoms with Gasteiger partial charge in [-0.25, -0.2) is 0 Å². The van der Waals surface area contributed by atoms with E-state index in [0.717, 1.165) is 50.5 Å². The molecule has 0 bridgehead atoms. The van der Waals surface area contributed by atoms with E-state index in [4.69, 9.17) is 4.74 Å². The second kappa shape index (κ2) is 9.90. The fraction of sp³-hybridized carbons (Fsp3) is 0.345. The molecule has 3 aromatic carbocycles. The first-order valence-corrected chi connectivity index (χ1v) is 12.4. The predicted octanol–water partition coefficient (Wildman–Crippen LogP) is 6.06. The zero-order valence-corrected chi connectivity index (χ0v) is 20.1. The Morgan fingerprint density at radius 3 is 2.53 bits per heavy atom. The average molecular weight is 456 g/mol. The molecule has 1 fully saturated rings. The third-order valence-electron chi connectivity index (χ3n) is 6.93. The van der Waals surface area contributed by atoms with Gasteiger partial charge in [0.1, 0.15) is 5.75 Å². The van der Waals surface area contributed by atoms with Crippen LogP contribution in [0.4, 0.5) is 5.69 Å². The van der Waals surface area contributed by atoms with Crippen LogP contribution < -0.4 is 10.1 Å². The third kappa shape index (κ3) is 4.53. The van der Waals surface area contributed by atoms with Crippen molar-refractivity contribution < 1.29 is 9.53 Å². The second-order valence-corrected chi connectivity index (χ2v) is 9.11. The van der Waals surface area contributed by atoms with Crippen LogP contribution in [-0.4, -0.2) is 35.1 Å². The van der Waals surface area contributed by atoms with Gasteiger partial charge >= 0.3 is 0 Å². The lowest BCUT2D eigenvalue weighted by molar-refractivity contribution is -0.121. The molecule has 1 N–H and O–H groups in total. The van der Waals surface area contributed by atoms with Crippen LogP contribution in [0.15, 0.2) is 66.7 Å². The fourth-order valence-corrected chi connectivity index (χ4v) is 5.23. The average Bonchev–Trinajstić information content (AvgIpc) is 3.18. The van der Waals surface area contributed by atoms with Crippen molar-refractivity contribution in [1.82, 2.24) is 9.47 Å². The van der Waals surface area contributed by atoms with Crippen LogP contribution in [-0.2, 0) is 17.9 Å². The lowest BCUT2D eigenvalue weighted by Gasteiger charge is -2.31. The Morgan fingerprint density at radius 1 is 0.941 bits per heavy atom. The van der Waals surface area contributed by atoms with Gasteiger partial charge in [0.15, 0.2) is 0 Å². The zero-order valence-electron chi connectivity index (χ0n) is 20.1. The predicted molar refractivity (Wildman–Crippen MR) is 139 cm³/mol. The van der Waals surface area contributed by atoms with E-state index in [1.54, 1.807) is 0 Å². The van der Waals surface area contributed by atoms with E-state index in [1.807, 2.05) is 19.1 Å². The quantitative estimate of drug-likeness (QED) is 0.368. The molecule has 2 heterocycles. The molecule has 0 atom stereocenters. The van der Waals surface area contributed by atoms with Crippen molar-refractivity contribution in [3.8, 4) is 5.75 Å². The first-order chi connectivity index (χ1) is 16.7. The van der Waals surface area contributed by atoms with Crippen molar-refractivity contribution in [3.05, 3.63) is 72.3 Å². The van der Waals surface area contributed by atoms with Crippen LogP contribution in [0, 0.1) is 5.92 Å². The Balaban J connectivity index is 1.22. The molecule has 0 saturated carbocycles. The van der Waals surface area contributed by atoms with Gasteiger partial charge in [-0.05, 0) is 81.7 Å². The molecule has 1 saturated heterocycles. The summed E-state index contributed by atoms with van der Waals surface area (Å²) >= 11 is 0. The number of likely N-dealkylation sites (tertiary alicyclic amines) is 1. The Labute approximate surface area is 201 Å². The Kier molecular flexibility index (Phi) is 6.54. The molecular weight excluding hydrogens is 422 g/mol. The van der Waals surface area contributed by atoms with Crippen LogP contribution in [0.25, 0.3) is 21.8 Å². The summed E-state index contributed by atoms with van der Waals surface area (Å²) in [6, 6.07) is 23.1. The number of aryl methyl sites for hydroxylation is 1. The van der Waals surface area contributed by atoms with Gasteiger partial charge < -0.3 is 14.6 Å². The number of benzene rings is 3. The molecule has 0 radical (unpaired) electrons. The molecule has 0 aliphatic carbocycles. The normalized spacial score (nSPS) is 15.1. The topological polar surface area (TPSA) is 46.5 Å². The molecule has 4 aromatic rings. The summed E-state index contributed by atoms with van der Waals surface area (Å²) in [6.45, 7) is 8.53. The van der Waals surface area contributed by atoms with Gasteiger partial charge in [-0.1, -0.05) is 30.3 Å². The summed E-state index contributed by atoms with van der Waals surface area (Å²) < 4.78 is 7.96. The van der Waals surface area contributed by atoms with Crippen LogP contribution >= 0.6 is 0 Å². The van der Waals surface area contributed by atoms with Crippen LogP contribution in [0.1, 0.15) is 32.3 Å². The highest BCUT2D eigenvalue weighted by Gasteiger charge is 2.25. The molecule has 0 spiro atoms. The van der Waals surface area contributed by atoms with Crippen LogP contribution in [0.3, 0.4) is 0 Å². The smallest absolute Gasteiger partial charge is 0.227 e. The number of amides is 1. The molecule has 5 nitrogen and oxygen atoms in total. The summed E-state index contributed by atoms with van der Waals surface area (Å²) in [6.07, 6.45) is 1.77. The molecule has 34 heavy (non-hydrogen) atoms. The van der Waals surface area contributed by atoms with Gasteiger partial charge in [0.2, 0.25) is 5.91 Å². The summed E-state index contributed by atoms with van der Waals surface area (Å²) in [4.78, 5) is 15.5. The van der Waals surface area contributed by atoms with Gasteiger partial charge in [0.25, 0.3) is 0 Å². The highest BCUT2D eigenvalue weighted by molar-refractivity contribution is 6.09. The maximum atomic E-state index is 13.1. The van der Waals surface area contributed by atoms with E-state index in [-0.39, 0.29) is 11.8 Å². The number of nitrogens with one attached hydrogen (secondary N) is 1. The minimum absolute atomic E-state index is 0.0543. The number of rotatable bonds is 7. The van der Waals surface area contributed by atoms with E-state index >= 15 is 0 Å². The number of aromatic nitrogens is 1. The number of hydrogen-bond donors (Lipinski definition) is 1. The van der Waals surface area contributed by atoms with Crippen molar-refractivity contribution in [2.45, 2.75) is 39.8 Å². The molecule has 176 valence electrons. The number of nitrogens with zero attached hydrogens (tertiary/aromatic N) is 2. The van der Waals surface area contributed by atoms with Gasteiger partial charge in [-0.3, -0.25) is 9.69 Å². The molecule has 5 rings (SSSR count). The first kappa shape index (κ1) is 22.5. The first-order valence-electron chi connectivity index (χ1n) is 12.4. The van der Waals surface area contributed by atoms with E-state index in [9.17, 15) is 4.79 Å². The van der Waals surface area contributed by atoms with Gasteiger partial charge in [0, 0.05) is 46.5 Å². The lowest BCUT2D eigenvalue weighted by Crippen LogP contribution is -2.37. The lowest BCUT2D eigenvalue weighted by atomic mass is 9.95. The van der Waals surface area contributed by atoms with Crippen molar-refractivity contribution in [1.29, 1.82) is 0 Å². The number of fused-ring (bicyclic) bond motifs is 3. The van der Waals surface area contributed by atoms with E-state index < -0.39 is 0 Å². The molecule has 1 aromatic heterocycles. The molecule has 0 unspecified atom stereocenters. The number of para-hydroxylation sites is 1. The molecule has 1 amide bonds. The zero-order chi connectivity index (χ0) is 23.5. The van der Waals surface area contributed by atoms with E-state index in [2.05, 4.69) is 76.3 Å². The maximum absolute atomic E-state index is 13.1. The number of piperidine rings is 1. The molecular formula is C29H33N3O2. The second-order valence-electron chi connectivity index (χ2n) is 9.11. The minimum atomic E-state index is 0.0543. The Hall–Kier alpha value is -3.31. The molecule has 5 heteroatoms. The Bertz CT molecular complexity index is 1300. The molecule has 1 aliphatic rings. The number of anilines is 1.